The van der Waals surface area contributed by atoms with Crippen molar-refractivity contribution < 1.29 is 9.90 Å². The molecular formula is C17H9N2O2S2-. The Morgan fingerprint density at radius 2 is 1.96 bits per heavy atom. The predicted octanol–water partition coefficient (Wildman–Crippen LogP) is 3.05. The predicted molar refractivity (Wildman–Crippen MR) is 89.6 cm³/mol. The number of aromatic nitrogens is 1. The Bertz CT molecular complexity index is 904. The van der Waals surface area contributed by atoms with Crippen molar-refractivity contribution in [3.63, 3.8) is 0 Å². The number of rotatable bonds is 4. The molecule has 0 N–H and O–H groups in total. The minimum atomic E-state index is -1.25. The Morgan fingerprint density at radius 3 is 2.61 bits per heavy atom. The minimum absolute atomic E-state index is 0.0776. The van der Waals surface area contributed by atoms with Crippen LogP contribution in [0.2, 0.25) is 0 Å². The number of aliphatic carboxylic acids is 1. The highest BCUT2D eigenvalue weighted by Crippen LogP contribution is 2.34. The third kappa shape index (κ3) is 3.59. The molecule has 0 saturated heterocycles. The van der Waals surface area contributed by atoms with E-state index in [1.165, 1.54) is 17.4 Å². The number of thioether (sulfide) groups is 1. The van der Waals surface area contributed by atoms with E-state index in [1.54, 1.807) is 24.3 Å². The average molecular weight is 337 g/mol. The first-order valence-corrected chi connectivity index (χ1v) is 8.25. The molecule has 112 valence electrons. The number of nitriles is 1. The van der Waals surface area contributed by atoms with Gasteiger partial charge in [0.2, 0.25) is 0 Å². The van der Waals surface area contributed by atoms with Crippen molar-refractivity contribution in [3.8, 4) is 6.07 Å². The first-order valence-electron chi connectivity index (χ1n) is 6.62. The first kappa shape index (κ1) is 15.3. The number of thiazole rings is 1. The van der Waals surface area contributed by atoms with Crippen LogP contribution in [0, 0.1) is 11.3 Å². The van der Waals surface area contributed by atoms with Crippen molar-refractivity contribution in [1.29, 1.82) is 5.26 Å². The van der Waals surface area contributed by atoms with Gasteiger partial charge in [0, 0.05) is 4.91 Å². The average Bonchev–Trinajstić information content (AvgIpc) is 2.97. The quantitative estimate of drug-likeness (QED) is 0.540. The van der Waals surface area contributed by atoms with E-state index in [0.717, 1.165) is 22.0 Å². The highest BCUT2D eigenvalue weighted by molar-refractivity contribution is 8.05. The molecule has 3 aromatic rings. The van der Waals surface area contributed by atoms with Crippen molar-refractivity contribution in [3.05, 3.63) is 64.6 Å². The fraction of sp³-hybridized carbons (Fsp3) is 0. The molecule has 4 nitrogen and oxygen atoms in total. The van der Waals surface area contributed by atoms with Crippen molar-refractivity contribution in [1.82, 2.24) is 4.98 Å². The van der Waals surface area contributed by atoms with Gasteiger partial charge >= 0.3 is 0 Å². The molecule has 0 fully saturated rings. The summed E-state index contributed by atoms with van der Waals surface area (Å²) in [6, 6.07) is 16.3. The van der Waals surface area contributed by atoms with Crippen LogP contribution in [-0.2, 0) is 4.79 Å². The number of hydrogen-bond donors (Lipinski definition) is 0. The van der Waals surface area contributed by atoms with E-state index in [0.29, 0.717) is 15.5 Å². The van der Waals surface area contributed by atoms with Crippen LogP contribution in [0.4, 0.5) is 0 Å². The number of fused-ring (bicyclic) bond motifs is 1. The summed E-state index contributed by atoms with van der Waals surface area (Å²) in [7, 11) is 0. The van der Waals surface area contributed by atoms with Crippen molar-refractivity contribution >= 4 is 45.4 Å². The molecule has 0 radical (unpaired) electrons. The SMILES string of the molecule is N#Cc1ccc(/C=C(/Sc2nc3ccccc3s2)C(=O)[O-])cc1. The van der Waals surface area contributed by atoms with Gasteiger partial charge in [-0.1, -0.05) is 36.0 Å². The van der Waals surface area contributed by atoms with Crippen LogP contribution >= 0.6 is 23.1 Å². The number of para-hydroxylation sites is 1. The molecule has 3 rings (SSSR count). The summed E-state index contributed by atoms with van der Waals surface area (Å²) in [5.41, 5.74) is 2.06. The zero-order chi connectivity index (χ0) is 16.2. The molecule has 0 atom stereocenters. The Morgan fingerprint density at radius 1 is 1.22 bits per heavy atom. The molecule has 0 amide bonds. The molecule has 2 aromatic carbocycles. The second-order valence-corrected chi connectivity index (χ2v) is 6.90. The molecule has 23 heavy (non-hydrogen) atoms. The molecule has 0 aliphatic carbocycles. The van der Waals surface area contributed by atoms with Crippen LogP contribution < -0.4 is 5.11 Å². The third-order valence-corrected chi connectivity index (χ3v) is 5.11. The lowest BCUT2D eigenvalue weighted by Gasteiger charge is -2.06. The summed E-state index contributed by atoms with van der Waals surface area (Å²) in [6.07, 6.45) is 1.52. The lowest BCUT2D eigenvalue weighted by Crippen LogP contribution is -2.22. The van der Waals surface area contributed by atoms with Crippen molar-refractivity contribution in [2.75, 3.05) is 0 Å². The van der Waals surface area contributed by atoms with E-state index in [-0.39, 0.29) is 4.91 Å². The zero-order valence-electron chi connectivity index (χ0n) is 11.7. The molecule has 0 aliphatic heterocycles. The van der Waals surface area contributed by atoms with Crippen molar-refractivity contribution in [2.24, 2.45) is 0 Å². The van der Waals surface area contributed by atoms with Gasteiger partial charge in [-0.15, -0.1) is 11.3 Å². The summed E-state index contributed by atoms with van der Waals surface area (Å²) in [4.78, 5) is 15.9. The lowest BCUT2D eigenvalue weighted by molar-refractivity contribution is -0.297. The van der Waals surface area contributed by atoms with E-state index < -0.39 is 5.97 Å². The molecule has 0 aliphatic rings. The smallest absolute Gasteiger partial charge is 0.155 e. The molecule has 0 spiro atoms. The molecule has 0 bridgehead atoms. The maximum Gasteiger partial charge on any atom is 0.155 e. The Balaban J connectivity index is 1.90. The van der Waals surface area contributed by atoms with Crippen LogP contribution in [0.5, 0.6) is 0 Å². The Kier molecular flexibility index (Phi) is 4.42. The molecule has 0 unspecified atom stereocenters. The number of nitrogens with zero attached hydrogens (tertiary/aromatic N) is 2. The van der Waals surface area contributed by atoms with Gasteiger partial charge in [0.15, 0.2) is 4.34 Å². The first-order chi connectivity index (χ1) is 11.2. The standard InChI is InChI=1S/C17H10N2O2S2/c18-10-12-7-5-11(6-8-12)9-15(16(20)21)23-17-19-13-3-1-2-4-14(13)22-17/h1-9H,(H,20,21)/p-1/b15-9+. The van der Waals surface area contributed by atoms with E-state index in [4.69, 9.17) is 5.26 Å². The van der Waals surface area contributed by atoms with Crippen LogP contribution in [0.25, 0.3) is 16.3 Å². The van der Waals surface area contributed by atoms with Crippen LogP contribution in [0.3, 0.4) is 0 Å². The van der Waals surface area contributed by atoms with Gasteiger partial charge in [-0.2, -0.15) is 5.26 Å². The van der Waals surface area contributed by atoms with E-state index >= 15 is 0 Å². The van der Waals surface area contributed by atoms with Gasteiger partial charge in [-0.05, 0) is 35.9 Å². The summed E-state index contributed by atoms with van der Waals surface area (Å²) >= 11 is 2.51. The summed E-state index contributed by atoms with van der Waals surface area (Å²) in [6.45, 7) is 0. The van der Waals surface area contributed by atoms with Gasteiger partial charge in [0.1, 0.15) is 0 Å². The second kappa shape index (κ2) is 6.65. The Hall–Kier alpha value is -2.62. The number of carboxylic acids is 1. The van der Waals surface area contributed by atoms with Crippen molar-refractivity contribution in [2.45, 2.75) is 4.34 Å². The summed E-state index contributed by atoms with van der Waals surface area (Å²) in [5.74, 6) is -1.25. The normalized spacial score (nSPS) is 11.3. The lowest BCUT2D eigenvalue weighted by atomic mass is 10.1. The van der Waals surface area contributed by atoms with Gasteiger partial charge < -0.3 is 9.90 Å². The molecular weight excluding hydrogens is 328 g/mol. The summed E-state index contributed by atoms with van der Waals surface area (Å²) < 4.78 is 1.65. The van der Waals surface area contributed by atoms with Crippen LogP contribution in [-0.4, -0.2) is 11.0 Å². The third-order valence-electron chi connectivity index (χ3n) is 3.01. The number of carboxylic acid groups (broad SMARTS) is 1. The fourth-order valence-electron chi connectivity index (χ4n) is 1.92. The number of carbonyl (C=O) groups is 1. The number of hydrogen-bond acceptors (Lipinski definition) is 6. The van der Waals surface area contributed by atoms with Gasteiger partial charge in [0.25, 0.3) is 0 Å². The Labute approximate surface area is 140 Å². The largest absolute Gasteiger partial charge is 0.544 e. The van der Waals surface area contributed by atoms with Gasteiger partial charge in [-0.25, -0.2) is 4.98 Å². The maximum absolute atomic E-state index is 11.4. The maximum atomic E-state index is 11.4. The van der Waals surface area contributed by atoms with Crippen LogP contribution in [0.15, 0.2) is 57.8 Å². The van der Waals surface area contributed by atoms with E-state index in [9.17, 15) is 9.90 Å². The monoisotopic (exact) mass is 337 g/mol. The van der Waals surface area contributed by atoms with Gasteiger partial charge in [0.05, 0.1) is 27.8 Å². The molecule has 0 saturated carbocycles. The zero-order valence-corrected chi connectivity index (χ0v) is 13.4. The molecule has 1 aromatic heterocycles. The highest BCUT2D eigenvalue weighted by Gasteiger charge is 2.08. The summed E-state index contributed by atoms with van der Waals surface area (Å²) in [5, 5.41) is 20.2. The topological polar surface area (TPSA) is 76.8 Å². The number of benzene rings is 2. The highest BCUT2D eigenvalue weighted by atomic mass is 32.2. The van der Waals surface area contributed by atoms with Crippen LogP contribution in [0.1, 0.15) is 11.1 Å². The molecule has 1 heterocycles. The van der Waals surface area contributed by atoms with E-state index in [2.05, 4.69) is 4.98 Å². The van der Waals surface area contributed by atoms with E-state index in [1.807, 2.05) is 30.3 Å². The second-order valence-electron chi connectivity index (χ2n) is 4.58. The van der Waals surface area contributed by atoms with Gasteiger partial charge in [-0.3, -0.25) is 0 Å². The number of carbonyl (C=O) groups excluding carboxylic acids is 1. The fourth-order valence-corrected chi connectivity index (χ4v) is 3.94. The minimum Gasteiger partial charge on any atom is -0.544 e. The molecule has 6 heteroatoms.